The fraction of sp³-hybridized carbons (Fsp3) is 0.286. The van der Waals surface area contributed by atoms with E-state index in [0.717, 1.165) is 6.42 Å². The summed E-state index contributed by atoms with van der Waals surface area (Å²) in [5, 5.41) is 2.79. The van der Waals surface area contributed by atoms with Crippen molar-refractivity contribution in [2.75, 3.05) is 12.3 Å². The normalized spacial score (nSPS) is 11.8. The Kier molecular flexibility index (Phi) is 5.64. The third-order valence-electron chi connectivity index (χ3n) is 2.54. The first-order chi connectivity index (χ1) is 8.67. The zero-order chi connectivity index (χ0) is 13.4. The van der Waals surface area contributed by atoms with E-state index in [1.54, 1.807) is 12.1 Å². The van der Waals surface area contributed by atoms with Crippen LogP contribution < -0.4 is 11.1 Å². The highest BCUT2D eigenvalue weighted by molar-refractivity contribution is 5.94. The Balaban J connectivity index is 2.45. The number of carbonyl (C=O) groups excluding carboxylic acids is 1. The molecule has 0 radical (unpaired) electrons. The molecule has 1 rings (SSSR count). The predicted molar refractivity (Wildman–Crippen MR) is 74.2 cm³/mol. The molecule has 1 aromatic rings. The van der Waals surface area contributed by atoms with Crippen molar-refractivity contribution >= 4 is 11.7 Å². The van der Waals surface area contributed by atoms with Crippen molar-refractivity contribution in [1.82, 2.24) is 10.3 Å². The molecule has 0 saturated heterocycles. The van der Waals surface area contributed by atoms with Gasteiger partial charge in [0.15, 0.2) is 0 Å². The second-order valence-electron chi connectivity index (χ2n) is 3.80. The van der Waals surface area contributed by atoms with Crippen LogP contribution in [0.5, 0.6) is 0 Å². The summed E-state index contributed by atoms with van der Waals surface area (Å²) in [6, 6.07) is 3.27. The highest BCUT2D eigenvalue weighted by Gasteiger charge is 2.03. The number of nitrogen functional groups attached to an aromatic ring is 1. The predicted octanol–water partition coefficient (Wildman–Crippen LogP) is 2.31. The Morgan fingerprint density at radius 2 is 2.28 bits per heavy atom. The molecule has 96 valence electrons. The number of nitrogens with one attached hydrogen (secondary N) is 1. The number of pyridine rings is 1. The van der Waals surface area contributed by atoms with Crippen molar-refractivity contribution in [3.63, 3.8) is 0 Å². The van der Waals surface area contributed by atoms with Crippen LogP contribution in [0.15, 0.2) is 42.1 Å². The van der Waals surface area contributed by atoms with E-state index in [2.05, 4.69) is 23.3 Å². The van der Waals surface area contributed by atoms with E-state index in [0.29, 0.717) is 17.9 Å². The molecule has 3 N–H and O–H groups in total. The Bertz CT molecular complexity index is 447. The SMILES string of the molecule is C/C=C(/C=C/CNC(=O)c1ccc(N)nc1)CC. The number of nitrogens with two attached hydrogens (primary N) is 1. The van der Waals surface area contributed by atoms with Crippen molar-refractivity contribution in [3.05, 3.63) is 47.7 Å². The van der Waals surface area contributed by atoms with Gasteiger partial charge in [0.05, 0.1) is 5.56 Å². The highest BCUT2D eigenvalue weighted by Crippen LogP contribution is 2.02. The van der Waals surface area contributed by atoms with E-state index in [-0.39, 0.29) is 5.91 Å². The molecule has 0 saturated carbocycles. The summed E-state index contributed by atoms with van der Waals surface area (Å²) in [6.07, 6.45) is 8.46. The Morgan fingerprint density at radius 1 is 1.50 bits per heavy atom. The largest absolute Gasteiger partial charge is 0.384 e. The monoisotopic (exact) mass is 245 g/mol. The molecule has 0 aliphatic heterocycles. The summed E-state index contributed by atoms with van der Waals surface area (Å²) < 4.78 is 0. The standard InChI is InChI=1S/C14H19N3O/c1-3-11(4-2)6-5-9-16-14(18)12-7-8-13(15)17-10-12/h3,5-8,10H,4,9H2,1-2H3,(H2,15,17)(H,16,18)/b6-5+,11-3+. The van der Waals surface area contributed by atoms with Gasteiger partial charge in [-0.2, -0.15) is 0 Å². The van der Waals surface area contributed by atoms with E-state index in [9.17, 15) is 4.79 Å². The molecule has 0 fully saturated rings. The minimum absolute atomic E-state index is 0.148. The minimum Gasteiger partial charge on any atom is -0.384 e. The summed E-state index contributed by atoms with van der Waals surface area (Å²) in [7, 11) is 0. The Morgan fingerprint density at radius 3 is 2.83 bits per heavy atom. The van der Waals surface area contributed by atoms with Crippen LogP contribution >= 0.6 is 0 Å². The van der Waals surface area contributed by atoms with Crippen LogP contribution in [0.4, 0.5) is 5.82 Å². The summed E-state index contributed by atoms with van der Waals surface area (Å²) in [5.74, 6) is 0.262. The van der Waals surface area contributed by atoms with Crippen LogP contribution in [0.2, 0.25) is 0 Å². The van der Waals surface area contributed by atoms with E-state index in [4.69, 9.17) is 5.73 Å². The van der Waals surface area contributed by atoms with Crippen molar-refractivity contribution in [3.8, 4) is 0 Å². The number of anilines is 1. The molecule has 1 aromatic heterocycles. The molecule has 0 spiro atoms. The molecule has 0 atom stereocenters. The van der Waals surface area contributed by atoms with Crippen molar-refractivity contribution in [1.29, 1.82) is 0 Å². The minimum atomic E-state index is -0.148. The van der Waals surface area contributed by atoms with Gasteiger partial charge < -0.3 is 11.1 Å². The van der Waals surface area contributed by atoms with Gasteiger partial charge in [-0.3, -0.25) is 4.79 Å². The maximum absolute atomic E-state index is 11.7. The first-order valence-corrected chi connectivity index (χ1v) is 5.98. The average Bonchev–Trinajstić information content (AvgIpc) is 2.39. The molecule has 4 nitrogen and oxygen atoms in total. The molecule has 1 amide bonds. The van der Waals surface area contributed by atoms with Gasteiger partial charge >= 0.3 is 0 Å². The molecule has 0 aliphatic carbocycles. The molecule has 0 bridgehead atoms. The van der Waals surface area contributed by atoms with Crippen molar-refractivity contribution in [2.24, 2.45) is 0 Å². The first kappa shape index (κ1) is 14.0. The van der Waals surface area contributed by atoms with Crippen molar-refractivity contribution in [2.45, 2.75) is 20.3 Å². The van der Waals surface area contributed by atoms with Gasteiger partial charge in [0.2, 0.25) is 0 Å². The lowest BCUT2D eigenvalue weighted by Gasteiger charge is -2.02. The molecule has 0 aromatic carbocycles. The van der Waals surface area contributed by atoms with E-state index in [1.165, 1.54) is 11.8 Å². The van der Waals surface area contributed by atoms with Crippen LogP contribution in [-0.2, 0) is 0 Å². The van der Waals surface area contributed by atoms with E-state index >= 15 is 0 Å². The fourth-order valence-electron chi connectivity index (χ4n) is 1.42. The number of hydrogen-bond donors (Lipinski definition) is 2. The number of hydrogen-bond acceptors (Lipinski definition) is 3. The van der Waals surface area contributed by atoms with E-state index in [1.807, 2.05) is 19.1 Å². The third-order valence-corrected chi connectivity index (χ3v) is 2.54. The third kappa shape index (κ3) is 4.41. The maximum Gasteiger partial charge on any atom is 0.253 e. The van der Waals surface area contributed by atoms with Crippen LogP contribution in [0.3, 0.4) is 0 Å². The quantitative estimate of drug-likeness (QED) is 0.782. The topological polar surface area (TPSA) is 68.0 Å². The fourth-order valence-corrected chi connectivity index (χ4v) is 1.42. The number of nitrogens with zero attached hydrogens (tertiary/aromatic N) is 1. The van der Waals surface area contributed by atoms with Crippen LogP contribution in [0.25, 0.3) is 0 Å². The molecular weight excluding hydrogens is 226 g/mol. The smallest absolute Gasteiger partial charge is 0.253 e. The van der Waals surface area contributed by atoms with Gasteiger partial charge in [0, 0.05) is 12.7 Å². The molecule has 4 heteroatoms. The lowest BCUT2D eigenvalue weighted by molar-refractivity contribution is 0.0957. The number of aromatic nitrogens is 1. The number of allylic oxidation sites excluding steroid dienone is 3. The summed E-state index contributed by atoms with van der Waals surface area (Å²) in [6.45, 7) is 4.60. The second kappa shape index (κ2) is 7.27. The lowest BCUT2D eigenvalue weighted by Crippen LogP contribution is -2.23. The van der Waals surface area contributed by atoms with Gasteiger partial charge in [-0.15, -0.1) is 0 Å². The maximum atomic E-state index is 11.7. The zero-order valence-electron chi connectivity index (χ0n) is 10.8. The van der Waals surface area contributed by atoms with Crippen LogP contribution in [0.1, 0.15) is 30.6 Å². The Hall–Kier alpha value is -2.10. The van der Waals surface area contributed by atoms with E-state index < -0.39 is 0 Å². The summed E-state index contributed by atoms with van der Waals surface area (Å²) >= 11 is 0. The van der Waals surface area contributed by atoms with Gasteiger partial charge in [0.1, 0.15) is 5.82 Å². The average molecular weight is 245 g/mol. The van der Waals surface area contributed by atoms with Crippen LogP contribution in [0, 0.1) is 0 Å². The number of carbonyl (C=O) groups is 1. The van der Waals surface area contributed by atoms with Gasteiger partial charge in [-0.05, 0) is 25.5 Å². The number of rotatable bonds is 5. The summed E-state index contributed by atoms with van der Waals surface area (Å²) in [5.41, 5.74) is 7.21. The van der Waals surface area contributed by atoms with Crippen LogP contribution in [-0.4, -0.2) is 17.4 Å². The van der Waals surface area contributed by atoms with Crippen molar-refractivity contribution < 1.29 is 4.79 Å². The summed E-state index contributed by atoms with van der Waals surface area (Å²) in [4.78, 5) is 15.6. The lowest BCUT2D eigenvalue weighted by atomic mass is 10.2. The molecule has 0 aliphatic rings. The van der Waals surface area contributed by atoms with Gasteiger partial charge in [-0.25, -0.2) is 4.98 Å². The first-order valence-electron chi connectivity index (χ1n) is 5.98. The highest BCUT2D eigenvalue weighted by atomic mass is 16.1. The van der Waals surface area contributed by atoms with Gasteiger partial charge in [-0.1, -0.05) is 30.7 Å². The molecular formula is C14H19N3O. The second-order valence-corrected chi connectivity index (χ2v) is 3.80. The van der Waals surface area contributed by atoms with Gasteiger partial charge in [0.25, 0.3) is 5.91 Å². The Labute approximate surface area is 108 Å². The molecule has 18 heavy (non-hydrogen) atoms. The zero-order valence-corrected chi connectivity index (χ0v) is 10.8. The molecule has 0 unspecified atom stereocenters. The molecule has 1 heterocycles. The number of amides is 1.